The highest BCUT2D eigenvalue weighted by atomic mass is 16.6. The first-order valence-electron chi connectivity index (χ1n) is 15.9. The molecule has 0 radical (unpaired) electrons. The Kier molecular flexibility index (Phi) is 7.51. The Hall–Kier alpha value is -0.990. The van der Waals surface area contributed by atoms with Gasteiger partial charge in [0.05, 0.1) is 54.4 Å². The number of ether oxygens (including phenoxy) is 6. The first kappa shape index (κ1) is 29.1. The van der Waals surface area contributed by atoms with E-state index in [2.05, 4.69) is 41.2 Å². The van der Waals surface area contributed by atoms with Gasteiger partial charge in [-0.05, 0) is 95.8 Å². The maximum atomic E-state index is 10.7. The number of carbonyl (C=O) groups excluding carboxylic acids is 1. The summed E-state index contributed by atoms with van der Waals surface area (Å²) < 4.78 is 31.8. The smallest absolute Gasteiger partial charge is 0.333 e. The summed E-state index contributed by atoms with van der Waals surface area (Å²) in [4.78, 5) is 10.7. The van der Waals surface area contributed by atoms with E-state index in [0.29, 0.717) is 54.2 Å². The highest BCUT2D eigenvalue weighted by Gasteiger charge is 2.72. The molecule has 0 N–H and O–H groups in total. The lowest BCUT2D eigenvalue weighted by Crippen LogP contribution is -2.56. The zero-order valence-corrected chi connectivity index (χ0v) is 25.7. The van der Waals surface area contributed by atoms with Gasteiger partial charge < -0.3 is 28.4 Å². The molecule has 2 bridgehead atoms. The average molecular weight is 561 g/mol. The molecule has 10 aliphatic rings. The third kappa shape index (κ3) is 6.06. The molecule has 40 heavy (non-hydrogen) atoms. The van der Waals surface area contributed by atoms with Crippen LogP contribution in [0.5, 0.6) is 0 Å². The predicted molar refractivity (Wildman–Crippen MR) is 151 cm³/mol. The number of carbonyl (C=O) groups is 1. The Labute approximate surface area is 241 Å². The first-order chi connectivity index (χ1) is 18.8. The number of esters is 1. The largest absolute Gasteiger partial charge is 0.459 e. The van der Waals surface area contributed by atoms with Gasteiger partial charge in [-0.1, -0.05) is 33.3 Å². The molecule has 10 rings (SSSR count). The second-order valence-electron chi connectivity index (χ2n) is 15.2. The maximum absolute atomic E-state index is 10.7. The minimum Gasteiger partial charge on any atom is -0.459 e. The molecule has 0 aromatic carbocycles. The molecular formula is C33H52O7. The van der Waals surface area contributed by atoms with Gasteiger partial charge in [0.2, 0.25) is 0 Å². The van der Waals surface area contributed by atoms with Crippen LogP contribution < -0.4 is 0 Å². The van der Waals surface area contributed by atoms with Crippen molar-refractivity contribution in [3.63, 3.8) is 0 Å². The van der Waals surface area contributed by atoms with E-state index in [9.17, 15) is 4.79 Å². The lowest BCUT2D eigenvalue weighted by Gasteiger charge is -2.57. The van der Waals surface area contributed by atoms with Crippen LogP contribution in [0.4, 0.5) is 0 Å². The Morgan fingerprint density at radius 2 is 1.57 bits per heavy atom. The molecule has 5 saturated heterocycles. The quantitative estimate of drug-likeness (QED) is 0.245. The van der Waals surface area contributed by atoms with E-state index < -0.39 is 0 Å². The summed E-state index contributed by atoms with van der Waals surface area (Å²) in [6.45, 7) is 18.7. The molecule has 226 valence electrons. The van der Waals surface area contributed by atoms with Crippen LogP contribution in [0.3, 0.4) is 0 Å². The number of rotatable bonds is 4. The number of hydrogen-bond donors (Lipinski definition) is 0. The highest BCUT2D eigenvalue weighted by Crippen LogP contribution is 2.70. The van der Waals surface area contributed by atoms with E-state index in [0.717, 1.165) is 24.4 Å². The highest BCUT2D eigenvalue weighted by molar-refractivity contribution is 5.86. The summed E-state index contributed by atoms with van der Waals surface area (Å²) in [7, 11) is 0. The van der Waals surface area contributed by atoms with E-state index in [1.54, 1.807) is 6.92 Å². The normalized spacial score (nSPS) is 50.0. The average Bonchev–Trinajstić information content (AvgIpc) is 3.72. The van der Waals surface area contributed by atoms with Gasteiger partial charge in [-0.25, -0.2) is 4.79 Å². The Bertz CT molecular complexity index is 971. The Balaban J connectivity index is 0.0000000980. The van der Waals surface area contributed by atoms with Crippen molar-refractivity contribution < 1.29 is 33.2 Å². The summed E-state index contributed by atoms with van der Waals surface area (Å²) in [5.74, 6) is 2.24. The molecule has 0 spiro atoms. The molecule has 7 nitrogen and oxygen atoms in total. The van der Waals surface area contributed by atoms with Crippen LogP contribution in [0, 0.1) is 23.2 Å². The minimum absolute atomic E-state index is 0.142. The van der Waals surface area contributed by atoms with Crippen molar-refractivity contribution in [2.24, 2.45) is 23.2 Å². The van der Waals surface area contributed by atoms with Crippen LogP contribution in [0.1, 0.15) is 99.3 Å². The molecule has 5 heterocycles. The van der Waals surface area contributed by atoms with Crippen molar-refractivity contribution in [3.8, 4) is 0 Å². The first-order valence-corrected chi connectivity index (χ1v) is 15.9. The Morgan fingerprint density at radius 3 is 2.05 bits per heavy atom. The van der Waals surface area contributed by atoms with Crippen molar-refractivity contribution in [3.05, 3.63) is 12.2 Å². The van der Waals surface area contributed by atoms with Gasteiger partial charge >= 0.3 is 5.97 Å². The van der Waals surface area contributed by atoms with E-state index in [1.165, 1.54) is 57.8 Å². The van der Waals surface area contributed by atoms with Crippen molar-refractivity contribution in [2.75, 3.05) is 19.8 Å². The van der Waals surface area contributed by atoms with Gasteiger partial charge in [0.15, 0.2) is 0 Å². The molecule has 11 atom stereocenters. The summed E-state index contributed by atoms with van der Waals surface area (Å²) in [5, 5.41) is 0. The van der Waals surface area contributed by atoms with Crippen LogP contribution >= 0.6 is 0 Å². The lowest BCUT2D eigenvalue weighted by molar-refractivity contribution is -0.139. The van der Waals surface area contributed by atoms with Crippen LogP contribution in [0.25, 0.3) is 0 Å². The van der Waals surface area contributed by atoms with Gasteiger partial charge in [-0.15, -0.1) is 0 Å². The molecule has 11 unspecified atom stereocenters. The van der Waals surface area contributed by atoms with Gasteiger partial charge in [0.25, 0.3) is 0 Å². The SMILES string of the molecule is C1CCC2OC2C1.C=C(C)C(=O)OCC1CO1.CC1(C)C2CC3OC3(C)C1C2.CC1(C2CCC3OC3(C)C2)CO1. The van der Waals surface area contributed by atoms with Crippen LogP contribution in [0.2, 0.25) is 0 Å². The van der Waals surface area contributed by atoms with Crippen molar-refractivity contribution in [1.82, 2.24) is 0 Å². The number of hydrogen-bond acceptors (Lipinski definition) is 7. The minimum atomic E-state index is -0.337. The molecule has 5 aliphatic carbocycles. The summed E-state index contributed by atoms with van der Waals surface area (Å²) in [6.07, 6.45) is 14.8. The van der Waals surface area contributed by atoms with Crippen molar-refractivity contribution in [2.45, 2.75) is 147 Å². The summed E-state index contributed by atoms with van der Waals surface area (Å²) in [6, 6.07) is 0. The molecule has 5 saturated carbocycles. The Morgan fingerprint density at radius 1 is 0.900 bits per heavy atom. The van der Waals surface area contributed by atoms with E-state index >= 15 is 0 Å². The fourth-order valence-electron chi connectivity index (χ4n) is 7.99. The predicted octanol–water partition coefficient (Wildman–Crippen LogP) is 5.78. The fraction of sp³-hybridized carbons (Fsp3) is 0.909. The molecule has 7 heteroatoms. The maximum Gasteiger partial charge on any atom is 0.333 e. The molecule has 0 aromatic heterocycles. The molecule has 0 aromatic rings. The van der Waals surface area contributed by atoms with Crippen molar-refractivity contribution >= 4 is 5.97 Å². The monoisotopic (exact) mass is 560 g/mol. The third-order valence-corrected chi connectivity index (χ3v) is 11.6. The van der Waals surface area contributed by atoms with E-state index in [-0.39, 0.29) is 23.3 Å². The van der Waals surface area contributed by atoms with Gasteiger partial charge in [-0.3, -0.25) is 0 Å². The zero-order valence-electron chi connectivity index (χ0n) is 25.7. The topological polar surface area (TPSA) is 89.0 Å². The summed E-state index contributed by atoms with van der Waals surface area (Å²) >= 11 is 0. The van der Waals surface area contributed by atoms with Crippen molar-refractivity contribution in [1.29, 1.82) is 0 Å². The van der Waals surface area contributed by atoms with E-state index in [4.69, 9.17) is 28.4 Å². The number of epoxide rings is 5. The molecule has 10 fully saturated rings. The fourth-order valence-corrected chi connectivity index (χ4v) is 7.99. The third-order valence-electron chi connectivity index (χ3n) is 11.6. The molecule has 5 aliphatic heterocycles. The molecule has 0 amide bonds. The standard InChI is InChI=1S/C10H16O2.C10H16O.C7H10O3.C6H10O/c1-9-5-7(10(2)6-11-10)3-4-8(9)12-9;1-9(2)6-4-7(9)10(3)8(5-6)11-10;1-5(2)7(8)10-4-6-3-9-6;1-2-4-6-5(3-1)7-6/h7-8H,3-6H2,1-2H3;6-8H,4-5H2,1-3H3;6H,1,3-4H2,2H3;5-6H,1-4H2. The summed E-state index contributed by atoms with van der Waals surface area (Å²) in [5.41, 5.74) is 1.78. The van der Waals surface area contributed by atoms with Crippen LogP contribution in [0.15, 0.2) is 12.2 Å². The zero-order chi connectivity index (χ0) is 28.5. The van der Waals surface area contributed by atoms with E-state index in [1.807, 2.05) is 0 Å². The van der Waals surface area contributed by atoms with Gasteiger partial charge in [0.1, 0.15) is 12.7 Å². The second kappa shape index (κ2) is 10.3. The van der Waals surface area contributed by atoms with Crippen LogP contribution in [-0.2, 0) is 33.2 Å². The number of fused-ring (bicyclic) bond motifs is 2. The van der Waals surface area contributed by atoms with Gasteiger partial charge in [0, 0.05) is 5.57 Å². The second-order valence-corrected chi connectivity index (χ2v) is 15.2. The van der Waals surface area contributed by atoms with Gasteiger partial charge in [-0.2, -0.15) is 0 Å². The lowest BCUT2D eigenvalue weighted by atomic mass is 9.46. The van der Waals surface area contributed by atoms with Crippen LogP contribution in [-0.4, -0.2) is 73.1 Å². The molecular weight excluding hydrogens is 508 g/mol.